The summed E-state index contributed by atoms with van der Waals surface area (Å²) in [5, 5.41) is 0.450. The minimum atomic E-state index is -2.65. The predicted molar refractivity (Wildman–Crippen MR) is 82.5 cm³/mol. The van der Waals surface area contributed by atoms with Gasteiger partial charge in [0.25, 0.3) is 0 Å². The van der Waals surface area contributed by atoms with Gasteiger partial charge < -0.3 is 19.9 Å². The van der Waals surface area contributed by atoms with Crippen LogP contribution in [0.25, 0.3) is 10.9 Å². The molecule has 1 atom stereocenters. The van der Waals surface area contributed by atoms with Gasteiger partial charge in [-0.15, -0.1) is 0 Å². The van der Waals surface area contributed by atoms with Gasteiger partial charge in [0.15, 0.2) is 2.82 Å². The Labute approximate surface area is 137 Å². The zero-order valence-corrected chi connectivity index (χ0v) is 11.7. The van der Waals surface area contributed by atoms with Crippen molar-refractivity contribution in [2.45, 2.75) is 18.8 Å². The summed E-state index contributed by atoms with van der Waals surface area (Å²) < 4.78 is 78.9. The second-order valence-electron chi connectivity index (χ2n) is 4.94. The van der Waals surface area contributed by atoms with Gasteiger partial charge in [-0.2, -0.15) is 0 Å². The first-order valence-electron chi connectivity index (χ1n) is 10.9. The fourth-order valence-electron chi connectivity index (χ4n) is 2.02. The van der Waals surface area contributed by atoms with E-state index in [0.29, 0.717) is 10.3 Å². The van der Waals surface area contributed by atoms with Gasteiger partial charge in [0, 0.05) is 29.1 Å². The molecule has 0 bridgehead atoms. The van der Waals surface area contributed by atoms with E-state index in [9.17, 15) is 4.79 Å². The molecule has 2 aromatic rings. The first-order valence-corrected chi connectivity index (χ1v) is 6.49. The molecule has 1 aliphatic rings. The van der Waals surface area contributed by atoms with Crippen LogP contribution < -0.4 is 5.31 Å². The number of carbonyl (C=O) groups is 1. The third-order valence-corrected chi connectivity index (χ3v) is 2.98. The second kappa shape index (κ2) is 5.77. The van der Waals surface area contributed by atoms with Crippen molar-refractivity contribution in [3.05, 3.63) is 35.5 Å². The number of likely N-dealkylation sites (N-methyl/N-ethyl adjacent to an activating group) is 1. The smallest absolute Gasteiger partial charge is 0.407 e. The summed E-state index contributed by atoms with van der Waals surface area (Å²) in [6.07, 6.45) is -2.64. The lowest BCUT2D eigenvalue weighted by molar-refractivity contribution is 0.177. The molecule has 112 valence electrons. The summed E-state index contributed by atoms with van der Waals surface area (Å²) in [6.45, 7) is -2.62. The second-order valence-corrected chi connectivity index (χ2v) is 4.94. The van der Waals surface area contributed by atoms with Gasteiger partial charge in [-0.25, -0.2) is 4.79 Å². The summed E-state index contributed by atoms with van der Waals surface area (Å²) in [7, 11) is 2.73. The van der Waals surface area contributed by atoms with Crippen molar-refractivity contribution in [3.8, 4) is 0 Å². The van der Waals surface area contributed by atoms with Crippen molar-refractivity contribution >= 4 is 17.0 Å². The van der Waals surface area contributed by atoms with Crippen molar-refractivity contribution in [1.82, 2.24) is 15.2 Å². The van der Waals surface area contributed by atoms with Gasteiger partial charge in [0.2, 0.25) is 0 Å². The van der Waals surface area contributed by atoms with E-state index in [0.717, 1.165) is 11.1 Å². The molecule has 1 fully saturated rings. The van der Waals surface area contributed by atoms with Gasteiger partial charge in [0.1, 0.15) is 6.61 Å². The lowest BCUT2D eigenvalue weighted by Crippen LogP contribution is -2.28. The Morgan fingerprint density at radius 3 is 3.14 bits per heavy atom. The van der Waals surface area contributed by atoms with Crippen LogP contribution in [0, 0.1) is 0 Å². The van der Waals surface area contributed by atoms with Crippen LogP contribution in [0.15, 0.2) is 24.3 Å². The largest absolute Gasteiger partial charge is 0.447 e. The molecule has 21 heavy (non-hydrogen) atoms. The van der Waals surface area contributed by atoms with Crippen LogP contribution in [0.3, 0.4) is 0 Å². The van der Waals surface area contributed by atoms with E-state index < -0.39 is 31.0 Å². The van der Waals surface area contributed by atoms with Crippen LogP contribution in [0.4, 0.5) is 4.79 Å². The molecule has 1 amide bonds. The minimum absolute atomic E-state index is 0.00159. The number of amides is 1. The van der Waals surface area contributed by atoms with Crippen molar-refractivity contribution in [1.29, 1.82) is 0 Å². The normalized spacial score (nSPS) is 26.2. The molecule has 5 nitrogen and oxygen atoms in total. The topological polar surface area (TPSA) is 57.4 Å². The third kappa shape index (κ3) is 3.19. The van der Waals surface area contributed by atoms with E-state index >= 15 is 0 Å². The highest BCUT2D eigenvalue weighted by atomic mass is 16.6. The molecule has 2 heterocycles. The summed E-state index contributed by atoms with van der Waals surface area (Å²) in [6, 6.07) is -1.90. The van der Waals surface area contributed by atoms with Gasteiger partial charge in [0.05, 0.1) is 10.2 Å². The molecule has 0 aliphatic carbocycles. The molecule has 5 heteroatoms. The van der Waals surface area contributed by atoms with Crippen LogP contribution in [-0.4, -0.2) is 49.2 Å². The Balaban J connectivity index is 2.26. The predicted octanol–water partition coefficient (Wildman–Crippen LogP) is 1.92. The van der Waals surface area contributed by atoms with E-state index in [4.69, 9.17) is 17.2 Å². The molecule has 0 spiro atoms. The van der Waals surface area contributed by atoms with Crippen LogP contribution in [-0.2, 0) is 17.5 Å². The van der Waals surface area contributed by atoms with Crippen LogP contribution in [0.5, 0.6) is 0 Å². The van der Waals surface area contributed by atoms with E-state index in [1.54, 1.807) is 0 Å². The fraction of sp³-hybridized carbons (Fsp3) is 0.438. The average molecular weight is 296 g/mol. The van der Waals surface area contributed by atoms with Crippen LogP contribution in [0.2, 0.25) is 2.82 Å². The Hall–Kier alpha value is -2.01. The Bertz CT molecular complexity index is 1020. The summed E-state index contributed by atoms with van der Waals surface area (Å²) in [5.74, 6) is 0. The molecule has 1 aliphatic heterocycles. The highest BCUT2D eigenvalue weighted by Crippen LogP contribution is 2.21. The van der Waals surface area contributed by atoms with Gasteiger partial charge >= 0.3 is 6.09 Å². The molecular formula is C16H21N3O2. The van der Waals surface area contributed by atoms with E-state index in [2.05, 4.69) is 0 Å². The maximum absolute atomic E-state index is 11.4. The average Bonchev–Trinajstić information content (AvgIpc) is 3.17. The SMILES string of the molecule is [2H]c1c(C[C@H]2COC(=O)N2[2H])c([2H])c2c(C([2H])([2H])C([2H])([2H])N(C)C)cn([2H])c2c1[2H]. The lowest BCUT2D eigenvalue weighted by Gasteiger charge is -2.09. The van der Waals surface area contributed by atoms with Crippen LogP contribution in [0.1, 0.15) is 20.7 Å². The quantitative estimate of drug-likeness (QED) is 0.886. The number of H-pyrrole nitrogens is 1. The van der Waals surface area contributed by atoms with Crippen molar-refractivity contribution in [3.63, 3.8) is 0 Å². The number of nitrogens with one attached hydrogen (secondary N) is 2. The Morgan fingerprint density at radius 1 is 1.57 bits per heavy atom. The zero-order chi connectivity index (χ0) is 22.8. The first kappa shape index (κ1) is 6.83. The van der Waals surface area contributed by atoms with Crippen LogP contribution >= 0.6 is 0 Å². The molecule has 0 radical (unpaired) electrons. The molecule has 2 N–H and O–H groups in total. The number of benzene rings is 1. The van der Waals surface area contributed by atoms with Crippen molar-refractivity contribution in [2.24, 2.45) is 0 Å². The number of hydrogen-bond acceptors (Lipinski definition) is 3. The summed E-state index contributed by atoms with van der Waals surface area (Å²) in [5.41, 5.74) is -0.460. The standard InChI is InChI=1S/C16H21N3O2/c1-19(2)6-5-12-9-17-15-4-3-11(8-14(12)15)7-13-10-21-16(20)18-13/h3-4,8-9,13,17H,5-7,10H2,1-2H3,(H,18,20)/t13-/m0/s1/i3D,4D,5D2,6D2,8D/hD2. The molecule has 1 aromatic carbocycles. The number of aryl methyl sites for hydroxylation is 1. The molecule has 0 unspecified atom stereocenters. The van der Waals surface area contributed by atoms with Crippen molar-refractivity contribution < 1.29 is 22.0 Å². The molecule has 0 saturated carbocycles. The van der Waals surface area contributed by atoms with Gasteiger partial charge in [-0.3, -0.25) is 0 Å². The van der Waals surface area contributed by atoms with E-state index in [1.807, 2.05) is 0 Å². The number of nitrogens with zero attached hydrogens (tertiary/aromatic N) is 1. The maximum atomic E-state index is 11.4. The van der Waals surface area contributed by atoms with Crippen molar-refractivity contribution in [2.75, 3.05) is 27.2 Å². The number of alkyl carbamates (subject to hydrolysis) is 1. The minimum Gasteiger partial charge on any atom is -0.447 e. The third-order valence-electron chi connectivity index (χ3n) is 2.98. The number of hydrogen-bond donors (Lipinski definition) is 2. The lowest BCUT2D eigenvalue weighted by atomic mass is 10.0. The fourth-order valence-corrected chi connectivity index (χ4v) is 2.02. The Kier molecular flexibility index (Phi) is 1.88. The zero-order valence-electron chi connectivity index (χ0n) is 20.7. The summed E-state index contributed by atoms with van der Waals surface area (Å²) >= 11 is 0. The molecular weight excluding hydrogens is 266 g/mol. The maximum Gasteiger partial charge on any atom is 0.407 e. The van der Waals surface area contributed by atoms with Gasteiger partial charge in [-0.05, 0) is 50.1 Å². The molecule has 1 aromatic heterocycles. The van der Waals surface area contributed by atoms with E-state index in [1.165, 1.54) is 14.1 Å². The highest BCUT2D eigenvalue weighted by Gasteiger charge is 2.22. The number of aromatic nitrogens is 1. The molecule has 1 saturated heterocycles. The monoisotopic (exact) mass is 296 g/mol. The Morgan fingerprint density at radius 2 is 2.43 bits per heavy atom. The number of rotatable bonds is 5. The first-order chi connectivity index (χ1) is 13.7. The number of cyclic esters (lactones) is 1. The molecule has 3 rings (SSSR count). The highest BCUT2D eigenvalue weighted by molar-refractivity contribution is 5.84. The number of aromatic amines is 1. The summed E-state index contributed by atoms with van der Waals surface area (Å²) in [4.78, 5) is 13.2. The van der Waals surface area contributed by atoms with Gasteiger partial charge in [-0.1, -0.05) is 6.04 Å². The number of carbonyl (C=O) groups excluding carboxylic acids is 1. The number of fused-ring (bicyclic) bond motifs is 1. The number of ether oxygens (including phenoxy) is 1. The van der Waals surface area contributed by atoms with E-state index in [-0.39, 0.29) is 47.1 Å².